The number of hydrogen-bond donors (Lipinski definition) is 1. The minimum atomic E-state index is -0.322. The number of thiazole rings is 1. The van der Waals surface area contributed by atoms with Gasteiger partial charge in [0.25, 0.3) is 0 Å². The number of carbonyl (C=O) groups is 1. The Bertz CT molecular complexity index is 522. The highest BCUT2D eigenvalue weighted by molar-refractivity contribution is 7.17. The summed E-state index contributed by atoms with van der Waals surface area (Å²) in [6, 6.07) is 0. The Morgan fingerprint density at radius 3 is 3.20 bits per heavy atom. The van der Waals surface area contributed by atoms with Gasteiger partial charge >= 0.3 is 5.97 Å². The lowest BCUT2D eigenvalue weighted by Crippen LogP contribution is -2.04. The van der Waals surface area contributed by atoms with E-state index in [0.29, 0.717) is 28.2 Å². The Balaban J connectivity index is 1.93. The highest BCUT2D eigenvalue weighted by Gasteiger charge is 2.16. The minimum absolute atomic E-state index is 0.322. The standard InChI is InChI=1S/C14H19N3O2S/c1-3-19-13(18)12-10(2)16-14(20-12)17-15-9-11-7-5-4-6-8-11/h4-5,9,11H,3,6-8H2,1-2H3,(H,16,17)/b15-9-/t11-/m0/s1. The van der Waals surface area contributed by atoms with E-state index in [-0.39, 0.29) is 5.97 Å². The molecule has 20 heavy (non-hydrogen) atoms. The van der Waals surface area contributed by atoms with Crippen molar-refractivity contribution in [3.63, 3.8) is 0 Å². The summed E-state index contributed by atoms with van der Waals surface area (Å²) in [6.45, 7) is 3.95. The van der Waals surface area contributed by atoms with Gasteiger partial charge in [0.2, 0.25) is 5.13 Å². The Morgan fingerprint density at radius 2 is 2.50 bits per heavy atom. The van der Waals surface area contributed by atoms with Crippen LogP contribution in [0.3, 0.4) is 0 Å². The van der Waals surface area contributed by atoms with Gasteiger partial charge in [-0.25, -0.2) is 9.78 Å². The van der Waals surface area contributed by atoms with Crippen LogP contribution in [-0.4, -0.2) is 23.8 Å². The number of hydrogen-bond acceptors (Lipinski definition) is 6. The predicted molar refractivity (Wildman–Crippen MR) is 81.4 cm³/mol. The van der Waals surface area contributed by atoms with Gasteiger partial charge in [-0.05, 0) is 39.0 Å². The summed E-state index contributed by atoms with van der Waals surface area (Å²) in [5.41, 5.74) is 3.57. The topological polar surface area (TPSA) is 63.6 Å². The largest absolute Gasteiger partial charge is 0.462 e. The van der Waals surface area contributed by atoms with E-state index in [4.69, 9.17) is 4.74 Å². The molecule has 0 unspecified atom stereocenters. The molecule has 0 spiro atoms. The zero-order chi connectivity index (χ0) is 14.4. The number of carbonyl (C=O) groups excluding carboxylic acids is 1. The summed E-state index contributed by atoms with van der Waals surface area (Å²) < 4.78 is 4.98. The molecule has 108 valence electrons. The van der Waals surface area contributed by atoms with E-state index in [2.05, 4.69) is 27.7 Å². The maximum Gasteiger partial charge on any atom is 0.350 e. The highest BCUT2D eigenvalue weighted by Crippen LogP contribution is 2.23. The van der Waals surface area contributed by atoms with Crippen molar-refractivity contribution in [1.29, 1.82) is 0 Å². The molecule has 1 aliphatic rings. The smallest absolute Gasteiger partial charge is 0.350 e. The second-order valence-corrected chi connectivity index (χ2v) is 5.59. The zero-order valence-electron chi connectivity index (χ0n) is 11.8. The van der Waals surface area contributed by atoms with Crippen LogP contribution in [0, 0.1) is 12.8 Å². The molecule has 6 heteroatoms. The molecule has 2 rings (SSSR count). The molecule has 5 nitrogen and oxygen atoms in total. The Labute approximate surface area is 122 Å². The Kier molecular flexibility index (Phi) is 5.29. The molecular weight excluding hydrogens is 274 g/mol. The number of aromatic nitrogens is 1. The van der Waals surface area contributed by atoms with E-state index in [1.807, 2.05) is 6.21 Å². The first-order valence-corrected chi connectivity index (χ1v) is 7.61. The molecule has 1 aromatic rings. The Morgan fingerprint density at radius 1 is 1.65 bits per heavy atom. The molecule has 0 saturated carbocycles. The van der Waals surface area contributed by atoms with E-state index < -0.39 is 0 Å². The van der Waals surface area contributed by atoms with Crippen molar-refractivity contribution in [2.45, 2.75) is 33.1 Å². The van der Waals surface area contributed by atoms with Gasteiger partial charge in [-0.3, -0.25) is 5.43 Å². The quantitative estimate of drug-likeness (QED) is 0.391. The van der Waals surface area contributed by atoms with Crippen LogP contribution in [0.1, 0.15) is 41.6 Å². The van der Waals surface area contributed by atoms with Crippen molar-refractivity contribution in [3.05, 3.63) is 22.7 Å². The summed E-state index contributed by atoms with van der Waals surface area (Å²) in [5, 5.41) is 4.83. The number of ether oxygens (including phenoxy) is 1. The lowest BCUT2D eigenvalue weighted by atomic mass is 9.96. The number of anilines is 1. The van der Waals surface area contributed by atoms with Crippen LogP contribution >= 0.6 is 11.3 Å². The fraction of sp³-hybridized carbons (Fsp3) is 0.500. The second kappa shape index (κ2) is 7.19. The minimum Gasteiger partial charge on any atom is -0.462 e. The van der Waals surface area contributed by atoms with Crippen molar-refractivity contribution < 1.29 is 9.53 Å². The zero-order valence-corrected chi connectivity index (χ0v) is 12.6. The van der Waals surface area contributed by atoms with Gasteiger partial charge in [-0.15, -0.1) is 0 Å². The number of hydrazone groups is 1. The summed E-state index contributed by atoms with van der Waals surface area (Å²) >= 11 is 1.27. The van der Waals surface area contributed by atoms with Crippen LogP contribution in [0.25, 0.3) is 0 Å². The monoisotopic (exact) mass is 293 g/mol. The lowest BCUT2D eigenvalue weighted by molar-refractivity contribution is 0.0531. The van der Waals surface area contributed by atoms with E-state index in [1.165, 1.54) is 11.3 Å². The molecule has 0 bridgehead atoms. The van der Waals surface area contributed by atoms with Crippen LogP contribution in [0.2, 0.25) is 0 Å². The molecule has 1 aromatic heterocycles. The predicted octanol–water partition coefficient (Wildman–Crippen LogP) is 3.38. The second-order valence-electron chi connectivity index (χ2n) is 4.59. The molecule has 0 fully saturated rings. The van der Waals surface area contributed by atoms with Gasteiger partial charge in [0.05, 0.1) is 12.3 Å². The average molecular weight is 293 g/mol. The van der Waals surface area contributed by atoms with E-state index in [0.717, 1.165) is 19.3 Å². The molecule has 1 atom stereocenters. The van der Waals surface area contributed by atoms with E-state index >= 15 is 0 Å². The third-order valence-electron chi connectivity index (χ3n) is 3.01. The van der Waals surface area contributed by atoms with Crippen LogP contribution in [0.4, 0.5) is 5.13 Å². The van der Waals surface area contributed by atoms with Crippen molar-refractivity contribution in [2.75, 3.05) is 12.0 Å². The summed E-state index contributed by atoms with van der Waals surface area (Å²) in [7, 11) is 0. The molecule has 1 N–H and O–H groups in total. The molecule has 1 aliphatic carbocycles. The third-order valence-corrected chi connectivity index (χ3v) is 4.05. The number of allylic oxidation sites excluding steroid dienone is 2. The van der Waals surface area contributed by atoms with Crippen LogP contribution in [-0.2, 0) is 4.74 Å². The van der Waals surface area contributed by atoms with Gasteiger partial charge in [-0.1, -0.05) is 23.5 Å². The molecule has 0 aliphatic heterocycles. The van der Waals surface area contributed by atoms with Crippen molar-refractivity contribution >= 4 is 28.7 Å². The van der Waals surface area contributed by atoms with E-state index in [1.54, 1.807) is 13.8 Å². The highest BCUT2D eigenvalue weighted by atomic mass is 32.1. The maximum atomic E-state index is 11.7. The van der Waals surface area contributed by atoms with Gasteiger partial charge in [0.15, 0.2) is 0 Å². The first-order valence-electron chi connectivity index (χ1n) is 6.79. The average Bonchev–Trinajstić information content (AvgIpc) is 2.81. The first-order chi connectivity index (χ1) is 9.70. The summed E-state index contributed by atoms with van der Waals surface area (Å²) in [5.74, 6) is 0.162. The number of nitrogens with zero attached hydrogens (tertiary/aromatic N) is 2. The molecular formula is C14H19N3O2S. The van der Waals surface area contributed by atoms with E-state index in [9.17, 15) is 4.79 Å². The summed E-state index contributed by atoms with van der Waals surface area (Å²) in [4.78, 5) is 16.5. The first kappa shape index (κ1) is 14.7. The fourth-order valence-electron chi connectivity index (χ4n) is 1.98. The number of esters is 1. The Hall–Kier alpha value is -1.69. The van der Waals surface area contributed by atoms with Gasteiger partial charge < -0.3 is 4.74 Å². The molecule has 0 saturated heterocycles. The number of rotatable bonds is 5. The van der Waals surface area contributed by atoms with Crippen molar-refractivity contribution in [1.82, 2.24) is 4.98 Å². The SMILES string of the molecule is CCOC(=O)c1sc(N/N=C\[C@H]2CC=CCC2)nc1C. The van der Waals surface area contributed by atoms with Crippen molar-refractivity contribution in [2.24, 2.45) is 11.0 Å². The fourth-order valence-corrected chi connectivity index (χ4v) is 2.79. The molecule has 1 heterocycles. The van der Waals surface area contributed by atoms with Gasteiger partial charge in [0, 0.05) is 6.21 Å². The molecule has 0 amide bonds. The van der Waals surface area contributed by atoms with Gasteiger partial charge in [-0.2, -0.15) is 5.10 Å². The third kappa shape index (κ3) is 3.90. The van der Waals surface area contributed by atoms with Crippen LogP contribution < -0.4 is 5.43 Å². The lowest BCUT2D eigenvalue weighted by Gasteiger charge is -2.11. The summed E-state index contributed by atoms with van der Waals surface area (Å²) in [6.07, 6.45) is 9.59. The molecule has 0 radical (unpaired) electrons. The molecule has 0 aromatic carbocycles. The maximum absolute atomic E-state index is 11.7. The van der Waals surface area contributed by atoms with Crippen molar-refractivity contribution in [3.8, 4) is 0 Å². The number of nitrogens with one attached hydrogen (secondary N) is 1. The van der Waals surface area contributed by atoms with Crippen LogP contribution in [0.15, 0.2) is 17.3 Å². The number of aryl methyl sites for hydroxylation is 1. The van der Waals surface area contributed by atoms with Gasteiger partial charge in [0.1, 0.15) is 4.88 Å². The normalized spacial score (nSPS) is 18.4. The van der Waals surface area contributed by atoms with Crippen LogP contribution in [0.5, 0.6) is 0 Å².